The summed E-state index contributed by atoms with van der Waals surface area (Å²) in [5.74, 6) is -1.19. The third-order valence-corrected chi connectivity index (χ3v) is 4.85. The minimum absolute atomic E-state index is 0. The van der Waals surface area contributed by atoms with Gasteiger partial charge in [0.15, 0.2) is 0 Å². The molecular formula is C18H33N2Na2O5P. The Balaban J connectivity index is -0.00000312. The summed E-state index contributed by atoms with van der Waals surface area (Å²) in [5.41, 5.74) is 0. The van der Waals surface area contributed by atoms with Gasteiger partial charge in [0, 0.05) is 13.6 Å². The molecule has 0 radical (unpaired) electrons. The number of allylic oxidation sites excluding steroid dienone is 2. The van der Waals surface area contributed by atoms with Crippen LogP contribution in [0.15, 0.2) is 12.2 Å². The van der Waals surface area contributed by atoms with Crippen molar-refractivity contribution in [3.63, 3.8) is 0 Å². The fourth-order valence-corrected chi connectivity index (χ4v) is 3.08. The van der Waals surface area contributed by atoms with E-state index < -0.39 is 19.4 Å². The molecule has 0 aliphatic heterocycles. The predicted octanol–water partition coefficient (Wildman–Crippen LogP) is -4.38. The van der Waals surface area contributed by atoms with Crippen molar-refractivity contribution in [1.29, 1.82) is 0 Å². The Hall–Kier alpha value is 0.830. The fourth-order valence-electron chi connectivity index (χ4n) is 2.47. The van der Waals surface area contributed by atoms with Gasteiger partial charge in [0.2, 0.25) is 0 Å². The molecule has 0 bridgehead atoms. The maximum atomic E-state index is 11.2. The maximum Gasteiger partial charge on any atom is 1.00 e. The van der Waals surface area contributed by atoms with Crippen molar-refractivity contribution in [1.82, 2.24) is 10.6 Å². The maximum absolute atomic E-state index is 11.2. The molecule has 7 nitrogen and oxygen atoms in total. The number of nitrogens with one attached hydrogen (secondary N) is 2. The molecule has 0 saturated heterocycles. The molecule has 0 rings (SSSR count). The molecule has 0 saturated carbocycles. The Morgan fingerprint density at radius 1 is 0.786 bits per heavy atom. The molecule has 10 heteroatoms. The van der Waals surface area contributed by atoms with Crippen molar-refractivity contribution in [2.75, 3.05) is 19.8 Å². The summed E-state index contributed by atoms with van der Waals surface area (Å²) in [7, 11) is -2.87. The van der Waals surface area contributed by atoms with Gasteiger partial charge >= 0.3 is 70.9 Å². The van der Waals surface area contributed by atoms with E-state index >= 15 is 0 Å². The molecule has 152 valence electrons. The summed E-state index contributed by atoms with van der Waals surface area (Å²) in [6.45, 7) is 0.515. The summed E-state index contributed by atoms with van der Waals surface area (Å²) in [6, 6.07) is 0. The molecule has 28 heavy (non-hydrogen) atoms. The van der Waals surface area contributed by atoms with Gasteiger partial charge in [-0.1, -0.05) is 51.9 Å². The fraction of sp³-hybridized carbons (Fsp3) is 0.778. The van der Waals surface area contributed by atoms with E-state index in [0.717, 1.165) is 64.2 Å². The van der Waals surface area contributed by atoms with Gasteiger partial charge in [0.1, 0.15) is 0 Å². The van der Waals surface area contributed by atoms with Gasteiger partial charge in [-0.15, -0.1) is 0 Å². The number of rotatable bonds is 15. The van der Waals surface area contributed by atoms with Crippen LogP contribution < -0.4 is 79.5 Å². The Morgan fingerprint density at radius 3 is 1.75 bits per heavy atom. The topological polar surface area (TPSA) is 121 Å². The third kappa shape index (κ3) is 24.9. The molecule has 0 aliphatic rings. The zero-order valence-corrected chi connectivity index (χ0v) is 22.7. The summed E-state index contributed by atoms with van der Waals surface area (Å²) >= 11 is 0. The number of carbonyl (C=O) groups is 2. The molecule has 2 N–H and O–H groups in total. The molecule has 0 aliphatic carbocycles. The zero-order valence-electron chi connectivity index (χ0n) is 17.8. The van der Waals surface area contributed by atoms with Gasteiger partial charge in [-0.25, -0.2) is 0 Å². The molecule has 0 unspecified atom stereocenters. The first-order chi connectivity index (χ1) is 12.4. The Labute approximate surface area is 214 Å². The molecule has 2 amide bonds. The first-order valence-electron chi connectivity index (χ1n) is 9.53. The van der Waals surface area contributed by atoms with Crippen molar-refractivity contribution >= 4 is 19.4 Å². The summed E-state index contributed by atoms with van der Waals surface area (Å²) < 4.78 is 10.5. The monoisotopic (exact) mass is 434 g/mol. The molecule has 0 fully saturated rings. The minimum atomic E-state index is -4.30. The quantitative estimate of drug-likeness (QED) is 0.0887. The summed E-state index contributed by atoms with van der Waals surface area (Å²) in [5, 5.41) is 4.84. The smallest absolute Gasteiger partial charge is 0.811 e. The second kappa shape index (κ2) is 22.5. The van der Waals surface area contributed by atoms with Crippen LogP contribution in [0.25, 0.3) is 0 Å². The van der Waals surface area contributed by atoms with Crippen molar-refractivity contribution in [2.24, 2.45) is 0 Å². The molecule has 0 spiro atoms. The van der Waals surface area contributed by atoms with E-state index in [4.69, 9.17) is 0 Å². The van der Waals surface area contributed by atoms with Crippen molar-refractivity contribution in [2.45, 2.75) is 70.6 Å². The number of unbranched alkanes of at least 4 members (excludes halogenated alkanes) is 9. The number of amides is 2. The Kier molecular flexibility index (Phi) is 26.9. The van der Waals surface area contributed by atoms with Gasteiger partial charge in [-0.3, -0.25) is 9.59 Å². The second-order valence-corrected chi connectivity index (χ2v) is 8.07. The average Bonchev–Trinajstić information content (AvgIpc) is 2.59. The molecule has 0 aromatic carbocycles. The average molecular weight is 434 g/mol. The summed E-state index contributed by atoms with van der Waals surface area (Å²) in [4.78, 5) is 43.1. The minimum Gasteiger partial charge on any atom is -0.811 e. The van der Waals surface area contributed by atoms with Crippen LogP contribution in [-0.2, 0) is 14.2 Å². The van der Waals surface area contributed by atoms with Crippen LogP contribution in [0.1, 0.15) is 70.6 Å². The molecule has 0 atom stereocenters. The van der Waals surface area contributed by atoms with Crippen LogP contribution >= 0.6 is 7.60 Å². The second-order valence-electron chi connectivity index (χ2n) is 6.40. The van der Waals surface area contributed by atoms with E-state index in [-0.39, 0.29) is 65.3 Å². The first-order valence-corrected chi connectivity index (χ1v) is 11.3. The van der Waals surface area contributed by atoms with E-state index in [1.807, 2.05) is 0 Å². The number of hydrogen-bond acceptors (Lipinski definition) is 5. The standard InChI is InChI=1S/C18H35N2O5P.2Na/c1-19-17(21)18(22)20-15-13-11-9-7-5-3-2-4-6-8-10-12-14-16-26(23,24)25;;/h5,7H,2-4,6,8-16H2,1H3,(H,19,21)(H,20,22)(H2,23,24,25);;/q;2*+1/p-2. The van der Waals surface area contributed by atoms with Crippen molar-refractivity contribution < 1.29 is 83.1 Å². The Morgan fingerprint density at radius 2 is 1.25 bits per heavy atom. The van der Waals surface area contributed by atoms with E-state index in [2.05, 4.69) is 22.8 Å². The van der Waals surface area contributed by atoms with E-state index in [9.17, 15) is 23.9 Å². The number of likely N-dealkylation sites (N-methyl/N-ethyl adjacent to an activating group) is 1. The molecule has 0 aromatic rings. The molecule has 0 aromatic heterocycles. The molecule has 0 heterocycles. The van der Waals surface area contributed by atoms with Gasteiger partial charge in [0.25, 0.3) is 0 Å². The first kappa shape index (κ1) is 33.5. The van der Waals surface area contributed by atoms with E-state index in [1.54, 1.807) is 0 Å². The van der Waals surface area contributed by atoms with Gasteiger partial charge in [0.05, 0.1) is 0 Å². The predicted molar refractivity (Wildman–Crippen MR) is 99.5 cm³/mol. The van der Waals surface area contributed by atoms with Crippen molar-refractivity contribution in [3.8, 4) is 0 Å². The van der Waals surface area contributed by atoms with E-state index in [0.29, 0.717) is 13.0 Å². The third-order valence-electron chi connectivity index (χ3n) is 3.99. The van der Waals surface area contributed by atoms with E-state index in [1.165, 1.54) is 7.05 Å². The van der Waals surface area contributed by atoms with Crippen molar-refractivity contribution in [3.05, 3.63) is 12.2 Å². The summed E-state index contributed by atoms with van der Waals surface area (Å²) in [6.07, 6.45) is 14.8. The SMILES string of the molecule is CNC(=O)C(=O)NCCCCC=CCCCCCCCCCP(=O)([O-])[O-].[Na+].[Na+]. The Bertz CT molecular complexity index is 473. The normalized spacial score (nSPS) is 10.8. The van der Waals surface area contributed by atoms with Crippen LogP contribution in [0.3, 0.4) is 0 Å². The van der Waals surface area contributed by atoms with Crippen LogP contribution in [0.2, 0.25) is 0 Å². The van der Waals surface area contributed by atoms with Crippen LogP contribution in [-0.4, -0.2) is 31.6 Å². The van der Waals surface area contributed by atoms with Crippen LogP contribution in [0.4, 0.5) is 0 Å². The van der Waals surface area contributed by atoms with Crippen LogP contribution in [0.5, 0.6) is 0 Å². The van der Waals surface area contributed by atoms with Gasteiger partial charge in [-0.2, -0.15) is 0 Å². The zero-order chi connectivity index (χ0) is 19.7. The number of carbonyl (C=O) groups excluding carboxylic acids is 2. The molecular weight excluding hydrogens is 401 g/mol. The van der Waals surface area contributed by atoms with Gasteiger partial charge < -0.3 is 25.0 Å². The van der Waals surface area contributed by atoms with Crippen LogP contribution in [0, 0.1) is 0 Å². The largest absolute Gasteiger partial charge is 1.00 e. The number of hydrogen-bond donors (Lipinski definition) is 2. The van der Waals surface area contributed by atoms with Gasteiger partial charge in [-0.05, 0) is 44.7 Å².